The van der Waals surface area contributed by atoms with Crippen molar-refractivity contribution in [2.75, 3.05) is 13.1 Å². The van der Waals surface area contributed by atoms with Gasteiger partial charge in [-0.25, -0.2) is 4.98 Å². The standard InChI is InChI=1S/C16H13N5O2/c17-7-11-2-1-3-12(6-11)14-8-19-16(23-14)15(22)20-13-4-5-21(9-13)10-18/h1-3,6,8,13H,4-5,9H2,(H,20,22). The first kappa shape index (κ1) is 14.6. The summed E-state index contributed by atoms with van der Waals surface area (Å²) in [6.07, 6.45) is 4.24. The lowest BCUT2D eigenvalue weighted by molar-refractivity contribution is 0.0904. The molecule has 0 aliphatic carbocycles. The van der Waals surface area contributed by atoms with Crippen LogP contribution in [0, 0.1) is 22.8 Å². The number of nitriles is 2. The number of amides is 1. The Morgan fingerprint density at radius 3 is 3.04 bits per heavy atom. The van der Waals surface area contributed by atoms with Gasteiger partial charge in [0, 0.05) is 24.7 Å². The second kappa shape index (κ2) is 6.20. The highest BCUT2D eigenvalue weighted by molar-refractivity contribution is 5.90. The molecule has 1 saturated heterocycles. The summed E-state index contributed by atoms with van der Waals surface area (Å²) in [4.78, 5) is 17.7. The van der Waals surface area contributed by atoms with Crippen LogP contribution < -0.4 is 5.32 Å². The molecule has 1 aromatic carbocycles. The zero-order valence-corrected chi connectivity index (χ0v) is 12.2. The maximum atomic E-state index is 12.1. The third-order valence-electron chi connectivity index (χ3n) is 3.64. The van der Waals surface area contributed by atoms with Crippen LogP contribution in [0.2, 0.25) is 0 Å². The molecular weight excluding hydrogens is 294 g/mol. The van der Waals surface area contributed by atoms with Gasteiger partial charge >= 0.3 is 5.91 Å². The van der Waals surface area contributed by atoms with Crippen molar-refractivity contribution in [2.24, 2.45) is 0 Å². The van der Waals surface area contributed by atoms with Gasteiger partial charge in [-0.3, -0.25) is 4.79 Å². The minimum atomic E-state index is -0.405. The van der Waals surface area contributed by atoms with Gasteiger partial charge in [-0.2, -0.15) is 10.5 Å². The first-order valence-electron chi connectivity index (χ1n) is 7.11. The number of carbonyl (C=O) groups excluding carboxylic acids is 1. The van der Waals surface area contributed by atoms with E-state index in [4.69, 9.17) is 14.9 Å². The van der Waals surface area contributed by atoms with Crippen molar-refractivity contribution in [3.8, 4) is 23.6 Å². The van der Waals surface area contributed by atoms with Crippen LogP contribution >= 0.6 is 0 Å². The molecule has 7 nitrogen and oxygen atoms in total. The van der Waals surface area contributed by atoms with Gasteiger partial charge < -0.3 is 14.6 Å². The Hall–Kier alpha value is -3.32. The topological polar surface area (TPSA) is 106 Å². The molecule has 0 radical (unpaired) electrons. The van der Waals surface area contributed by atoms with E-state index in [0.29, 0.717) is 30.0 Å². The summed E-state index contributed by atoms with van der Waals surface area (Å²) in [5, 5.41) is 20.5. The third kappa shape index (κ3) is 3.14. The first-order valence-corrected chi connectivity index (χ1v) is 7.11. The van der Waals surface area contributed by atoms with Gasteiger partial charge in [0.05, 0.1) is 17.8 Å². The Balaban J connectivity index is 1.70. The quantitative estimate of drug-likeness (QED) is 0.861. The zero-order chi connectivity index (χ0) is 16.2. The van der Waals surface area contributed by atoms with E-state index in [1.54, 1.807) is 29.2 Å². The van der Waals surface area contributed by atoms with Crippen LogP contribution in [0.5, 0.6) is 0 Å². The van der Waals surface area contributed by atoms with Crippen molar-refractivity contribution in [1.82, 2.24) is 15.2 Å². The number of hydrogen-bond donors (Lipinski definition) is 1. The highest BCUT2D eigenvalue weighted by Gasteiger charge is 2.25. The van der Waals surface area contributed by atoms with Gasteiger partial charge in [0.15, 0.2) is 12.0 Å². The molecule has 0 saturated carbocycles. The van der Waals surface area contributed by atoms with E-state index in [-0.39, 0.29) is 11.9 Å². The minimum absolute atomic E-state index is 0.0298. The molecule has 2 heterocycles. The van der Waals surface area contributed by atoms with E-state index >= 15 is 0 Å². The summed E-state index contributed by atoms with van der Waals surface area (Å²) < 4.78 is 5.48. The second-order valence-electron chi connectivity index (χ2n) is 5.23. The molecule has 1 aliphatic heterocycles. The molecule has 0 bridgehead atoms. The van der Waals surface area contributed by atoms with Gasteiger partial charge in [0.25, 0.3) is 5.89 Å². The van der Waals surface area contributed by atoms with Crippen molar-refractivity contribution in [3.05, 3.63) is 41.9 Å². The van der Waals surface area contributed by atoms with Crippen LogP contribution in [-0.2, 0) is 0 Å². The van der Waals surface area contributed by atoms with Crippen molar-refractivity contribution >= 4 is 5.91 Å². The van der Waals surface area contributed by atoms with E-state index in [9.17, 15) is 4.79 Å². The molecule has 3 rings (SSSR count). The van der Waals surface area contributed by atoms with Crippen LogP contribution in [0.1, 0.15) is 22.7 Å². The molecule has 1 unspecified atom stereocenters. The van der Waals surface area contributed by atoms with E-state index < -0.39 is 5.91 Å². The molecule has 7 heteroatoms. The van der Waals surface area contributed by atoms with Gasteiger partial charge in [-0.1, -0.05) is 12.1 Å². The Labute approximate surface area is 132 Å². The van der Waals surface area contributed by atoms with Gasteiger partial charge in [-0.05, 0) is 18.6 Å². The smallest absolute Gasteiger partial charge is 0.307 e. The van der Waals surface area contributed by atoms with Crippen molar-refractivity contribution in [1.29, 1.82) is 10.5 Å². The molecule has 2 aromatic rings. The molecule has 114 valence electrons. The molecular formula is C16H13N5O2. The number of hydrogen-bond acceptors (Lipinski definition) is 6. The molecule has 1 aromatic heterocycles. The Morgan fingerprint density at radius 1 is 1.43 bits per heavy atom. The normalized spacial score (nSPS) is 16.6. The summed E-state index contributed by atoms with van der Waals surface area (Å²) in [6.45, 7) is 1.14. The number of likely N-dealkylation sites (tertiary alicyclic amines) is 1. The average molecular weight is 307 g/mol. The molecule has 1 aliphatic rings. The number of nitrogens with zero attached hydrogens (tertiary/aromatic N) is 4. The molecule has 1 amide bonds. The lowest BCUT2D eigenvalue weighted by atomic mass is 10.1. The second-order valence-corrected chi connectivity index (χ2v) is 5.23. The fourth-order valence-electron chi connectivity index (χ4n) is 2.47. The number of aromatic nitrogens is 1. The number of carbonyl (C=O) groups is 1. The van der Waals surface area contributed by atoms with Gasteiger partial charge in [-0.15, -0.1) is 0 Å². The Kier molecular flexibility index (Phi) is 3.94. The number of nitrogens with one attached hydrogen (secondary N) is 1. The Bertz CT molecular complexity index is 814. The van der Waals surface area contributed by atoms with Gasteiger partial charge in [0.1, 0.15) is 0 Å². The van der Waals surface area contributed by atoms with Crippen molar-refractivity contribution in [2.45, 2.75) is 12.5 Å². The van der Waals surface area contributed by atoms with E-state index in [0.717, 1.165) is 6.42 Å². The van der Waals surface area contributed by atoms with Gasteiger partial charge in [0.2, 0.25) is 0 Å². The predicted molar refractivity (Wildman–Crippen MR) is 79.7 cm³/mol. The number of rotatable bonds is 3. The summed E-state index contributed by atoms with van der Waals surface area (Å²) in [5.41, 5.74) is 1.19. The highest BCUT2D eigenvalue weighted by Crippen LogP contribution is 2.21. The minimum Gasteiger partial charge on any atom is -0.432 e. The summed E-state index contributed by atoms with van der Waals surface area (Å²) in [7, 11) is 0. The van der Waals surface area contributed by atoms with E-state index in [1.165, 1.54) is 6.20 Å². The maximum Gasteiger partial charge on any atom is 0.307 e. The molecule has 0 spiro atoms. The average Bonchev–Trinajstić information content (AvgIpc) is 3.24. The van der Waals surface area contributed by atoms with Crippen LogP contribution in [0.15, 0.2) is 34.9 Å². The third-order valence-corrected chi connectivity index (χ3v) is 3.64. The monoisotopic (exact) mass is 307 g/mol. The molecule has 1 atom stereocenters. The largest absolute Gasteiger partial charge is 0.432 e. The maximum absolute atomic E-state index is 12.1. The summed E-state index contributed by atoms with van der Waals surface area (Å²) in [6, 6.07) is 8.85. The van der Waals surface area contributed by atoms with E-state index in [2.05, 4.69) is 22.6 Å². The predicted octanol–water partition coefficient (Wildman–Crippen LogP) is 1.50. The first-order chi connectivity index (χ1) is 11.2. The molecule has 1 fully saturated rings. The lowest BCUT2D eigenvalue weighted by Crippen LogP contribution is -2.36. The SMILES string of the molecule is N#Cc1cccc(-c2cnc(C(=O)NC3CCN(C#N)C3)o2)c1. The van der Waals surface area contributed by atoms with Crippen LogP contribution in [0.3, 0.4) is 0 Å². The summed E-state index contributed by atoms with van der Waals surface area (Å²) >= 11 is 0. The lowest BCUT2D eigenvalue weighted by Gasteiger charge is -2.10. The molecule has 23 heavy (non-hydrogen) atoms. The molecule has 1 N–H and O–H groups in total. The fourth-order valence-corrected chi connectivity index (χ4v) is 2.47. The fraction of sp³-hybridized carbons (Fsp3) is 0.250. The number of oxazole rings is 1. The van der Waals surface area contributed by atoms with Crippen molar-refractivity contribution in [3.63, 3.8) is 0 Å². The Morgan fingerprint density at radius 2 is 2.30 bits per heavy atom. The number of benzene rings is 1. The zero-order valence-electron chi connectivity index (χ0n) is 12.2. The highest BCUT2D eigenvalue weighted by atomic mass is 16.4. The van der Waals surface area contributed by atoms with Crippen molar-refractivity contribution < 1.29 is 9.21 Å². The van der Waals surface area contributed by atoms with Crippen LogP contribution in [0.25, 0.3) is 11.3 Å². The summed E-state index contributed by atoms with van der Waals surface area (Å²) in [5.74, 6) is -0.00688. The van der Waals surface area contributed by atoms with Crippen LogP contribution in [0.4, 0.5) is 0 Å². The van der Waals surface area contributed by atoms with Crippen LogP contribution in [-0.4, -0.2) is 34.9 Å². The van der Waals surface area contributed by atoms with E-state index in [1.807, 2.05) is 0 Å².